The number of nitrogens with zero attached hydrogens (tertiary/aromatic N) is 2. The van der Waals surface area contributed by atoms with Gasteiger partial charge in [0.1, 0.15) is 5.82 Å². The van der Waals surface area contributed by atoms with Gasteiger partial charge in [-0.2, -0.15) is 5.10 Å². The first kappa shape index (κ1) is 14.6. The third kappa shape index (κ3) is 2.82. The molecule has 0 aliphatic heterocycles. The van der Waals surface area contributed by atoms with Gasteiger partial charge in [0.15, 0.2) is 0 Å². The van der Waals surface area contributed by atoms with E-state index in [2.05, 4.69) is 64.3 Å². The Labute approximate surface area is 131 Å². The molecule has 2 N–H and O–H groups in total. The number of benzene rings is 1. The van der Waals surface area contributed by atoms with Gasteiger partial charge in [0.2, 0.25) is 0 Å². The van der Waals surface area contributed by atoms with Crippen molar-refractivity contribution in [3.05, 3.63) is 71.1 Å². The van der Waals surface area contributed by atoms with Crippen LogP contribution in [-0.4, -0.2) is 20.2 Å². The van der Waals surface area contributed by atoms with Crippen molar-refractivity contribution in [1.29, 1.82) is 0 Å². The van der Waals surface area contributed by atoms with E-state index in [9.17, 15) is 0 Å². The van der Waals surface area contributed by atoms with Crippen LogP contribution >= 0.6 is 0 Å². The summed E-state index contributed by atoms with van der Waals surface area (Å²) in [5, 5.41) is 7.72. The van der Waals surface area contributed by atoms with Gasteiger partial charge >= 0.3 is 0 Å². The third-order valence-corrected chi connectivity index (χ3v) is 4.13. The molecule has 0 amide bonds. The zero-order valence-electron chi connectivity index (χ0n) is 13.1. The largest absolute Gasteiger partial charge is 0.348 e. The summed E-state index contributed by atoms with van der Waals surface area (Å²) in [7, 11) is 0. The van der Waals surface area contributed by atoms with Gasteiger partial charge in [-0.05, 0) is 24.8 Å². The Morgan fingerprint density at radius 2 is 1.91 bits per heavy atom. The van der Waals surface area contributed by atoms with E-state index < -0.39 is 0 Å². The molecule has 22 heavy (non-hydrogen) atoms. The molecule has 4 nitrogen and oxygen atoms in total. The van der Waals surface area contributed by atoms with Crippen LogP contribution in [0.3, 0.4) is 0 Å². The molecule has 1 atom stereocenters. The maximum atomic E-state index is 4.52. The van der Waals surface area contributed by atoms with Crippen molar-refractivity contribution in [3.63, 3.8) is 0 Å². The van der Waals surface area contributed by atoms with E-state index in [1.165, 1.54) is 16.8 Å². The normalized spacial score (nSPS) is 12.5. The van der Waals surface area contributed by atoms with Gasteiger partial charge in [-0.25, -0.2) is 4.98 Å². The van der Waals surface area contributed by atoms with E-state index in [1.54, 1.807) is 0 Å². The van der Waals surface area contributed by atoms with Crippen molar-refractivity contribution < 1.29 is 0 Å². The molecule has 0 spiro atoms. The van der Waals surface area contributed by atoms with Crippen LogP contribution in [0.5, 0.6) is 0 Å². The molecule has 0 aliphatic carbocycles. The van der Waals surface area contributed by atoms with E-state index in [1.807, 2.05) is 12.4 Å². The molecule has 3 rings (SSSR count). The predicted molar refractivity (Wildman–Crippen MR) is 87.9 cm³/mol. The number of nitrogens with one attached hydrogen (secondary N) is 2. The average Bonchev–Trinajstić information content (AvgIpc) is 3.22. The maximum absolute atomic E-state index is 4.52. The summed E-state index contributed by atoms with van der Waals surface area (Å²) in [6.45, 7) is 4.32. The highest BCUT2D eigenvalue weighted by Gasteiger charge is 2.24. The first-order valence-corrected chi connectivity index (χ1v) is 7.92. The minimum atomic E-state index is 0.209. The van der Waals surface area contributed by atoms with E-state index in [-0.39, 0.29) is 5.92 Å². The highest BCUT2D eigenvalue weighted by Crippen LogP contribution is 2.31. The van der Waals surface area contributed by atoms with Gasteiger partial charge in [-0.1, -0.05) is 44.2 Å². The van der Waals surface area contributed by atoms with Crippen LogP contribution in [0.25, 0.3) is 0 Å². The smallest absolute Gasteiger partial charge is 0.114 e. The highest BCUT2D eigenvalue weighted by molar-refractivity contribution is 5.36. The number of H-pyrrole nitrogens is 2. The Hall–Kier alpha value is -2.36. The predicted octanol–water partition coefficient (Wildman–Crippen LogP) is 3.63. The molecule has 3 aromatic rings. The van der Waals surface area contributed by atoms with Crippen LogP contribution in [0.15, 0.2) is 42.7 Å². The average molecular weight is 294 g/mol. The zero-order valence-corrected chi connectivity index (χ0v) is 13.1. The van der Waals surface area contributed by atoms with Crippen molar-refractivity contribution in [2.45, 2.75) is 39.0 Å². The van der Waals surface area contributed by atoms with Gasteiger partial charge in [0, 0.05) is 29.6 Å². The van der Waals surface area contributed by atoms with E-state index >= 15 is 0 Å². The number of aryl methyl sites for hydroxylation is 2. The lowest BCUT2D eigenvalue weighted by Gasteiger charge is -2.17. The summed E-state index contributed by atoms with van der Waals surface area (Å²) < 4.78 is 0. The van der Waals surface area contributed by atoms with Crippen molar-refractivity contribution in [2.24, 2.45) is 0 Å². The molecule has 0 bridgehead atoms. The van der Waals surface area contributed by atoms with Gasteiger partial charge in [-0.3, -0.25) is 5.10 Å². The molecule has 0 aliphatic rings. The Bertz CT molecular complexity index is 677. The van der Waals surface area contributed by atoms with Crippen molar-refractivity contribution in [2.75, 3.05) is 0 Å². The molecule has 0 saturated carbocycles. The minimum absolute atomic E-state index is 0.209. The molecule has 2 heterocycles. The topological polar surface area (TPSA) is 57.4 Å². The number of aromatic amines is 2. The van der Waals surface area contributed by atoms with Gasteiger partial charge in [0.25, 0.3) is 0 Å². The molecule has 1 unspecified atom stereocenters. The van der Waals surface area contributed by atoms with Crippen molar-refractivity contribution >= 4 is 0 Å². The molecule has 0 fully saturated rings. The van der Waals surface area contributed by atoms with E-state index in [0.29, 0.717) is 0 Å². The fraction of sp³-hybridized carbons (Fsp3) is 0.333. The summed E-state index contributed by atoms with van der Waals surface area (Å²) in [6, 6.07) is 10.6. The lowest BCUT2D eigenvalue weighted by Crippen LogP contribution is -2.10. The number of hydrogen-bond acceptors (Lipinski definition) is 2. The molecule has 0 radical (unpaired) electrons. The second-order valence-corrected chi connectivity index (χ2v) is 5.49. The summed E-state index contributed by atoms with van der Waals surface area (Å²) in [5.74, 6) is 1.22. The highest BCUT2D eigenvalue weighted by atomic mass is 15.1. The molecular weight excluding hydrogens is 272 g/mol. The molecule has 4 heteroatoms. The van der Waals surface area contributed by atoms with Crippen LogP contribution in [0, 0.1) is 0 Å². The van der Waals surface area contributed by atoms with Crippen LogP contribution < -0.4 is 0 Å². The Kier molecular flexibility index (Phi) is 4.37. The van der Waals surface area contributed by atoms with Crippen molar-refractivity contribution in [3.8, 4) is 0 Å². The van der Waals surface area contributed by atoms with E-state index in [0.717, 1.165) is 30.8 Å². The molecule has 0 saturated heterocycles. The Morgan fingerprint density at radius 3 is 2.55 bits per heavy atom. The molecule has 2 aromatic heterocycles. The summed E-state index contributed by atoms with van der Waals surface area (Å²) in [5.41, 5.74) is 4.99. The zero-order chi connectivity index (χ0) is 15.4. The summed E-state index contributed by atoms with van der Waals surface area (Å²) in [6.07, 6.45) is 6.52. The van der Waals surface area contributed by atoms with Crippen LogP contribution in [0.4, 0.5) is 0 Å². The molecular formula is C18H22N4. The fourth-order valence-corrected chi connectivity index (χ4v) is 3.03. The number of hydrogen-bond donors (Lipinski definition) is 2. The monoisotopic (exact) mass is 294 g/mol. The van der Waals surface area contributed by atoms with Crippen LogP contribution in [-0.2, 0) is 19.3 Å². The van der Waals surface area contributed by atoms with Crippen molar-refractivity contribution in [1.82, 2.24) is 20.2 Å². The first-order valence-electron chi connectivity index (χ1n) is 7.92. The van der Waals surface area contributed by atoms with E-state index in [4.69, 9.17) is 0 Å². The molecule has 1 aromatic carbocycles. The number of imidazole rings is 1. The quantitative estimate of drug-likeness (QED) is 0.729. The number of rotatable bonds is 6. The SMILES string of the molecule is CCc1n[nH]c(CC)c1C(Cc1ccccc1)c1ncc[nH]1. The Balaban J connectivity index is 2.04. The van der Waals surface area contributed by atoms with Crippen LogP contribution in [0.1, 0.15) is 48.1 Å². The lowest BCUT2D eigenvalue weighted by atomic mass is 9.88. The number of aromatic nitrogens is 4. The lowest BCUT2D eigenvalue weighted by molar-refractivity contribution is 0.732. The maximum Gasteiger partial charge on any atom is 0.114 e. The third-order valence-electron chi connectivity index (χ3n) is 4.13. The second kappa shape index (κ2) is 6.60. The second-order valence-electron chi connectivity index (χ2n) is 5.49. The summed E-state index contributed by atoms with van der Waals surface area (Å²) in [4.78, 5) is 7.82. The summed E-state index contributed by atoms with van der Waals surface area (Å²) >= 11 is 0. The fourth-order valence-electron chi connectivity index (χ4n) is 3.03. The van der Waals surface area contributed by atoms with Gasteiger partial charge in [0.05, 0.1) is 5.69 Å². The van der Waals surface area contributed by atoms with Gasteiger partial charge < -0.3 is 4.98 Å². The van der Waals surface area contributed by atoms with Crippen LogP contribution in [0.2, 0.25) is 0 Å². The first-order chi connectivity index (χ1) is 10.8. The Morgan fingerprint density at radius 1 is 1.09 bits per heavy atom. The standard InChI is InChI=1S/C18H22N4/c1-3-15-17(16(4-2)22-21-15)14(18-19-10-11-20-18)12-13-8-6-5-7-9-13/h5-11,14H,3-4,12H2,1-2H3,(H,19,20)(H,21,22). The minimum Gasteiger partial charge on any atom is -0.348 e. The van der Waals surface area contributed by atoms with Gasteiger partial charge in [-0.15, -0.1) is 0 Å². The molecule has 114 valence electrons.